The number of hydrogen-bond donors (Lipinski definition) is 1. The van der Waals surface area contributed by atoms with Crippen LogP contribution in [0.3, 0.4) is 0 Å². The van der Waals surface area contributed by atoms with Crippen molar-refractivity contribution in [3.63, 3.8) is 0 Å². The van der Waals surface area contributed by atoms with Gasteiger partial charge in [0.1, 0.15) is 11.6 Å². The minimum Gasteiger partial charge on any atom is -0.444 e. The fourth-order valence-corrected chi connectivity index (χ4v) is 3.69. The van der Waals surface area contributed by atoms with Crippen molar-refractivity contribution < 1.29 is 14.3 Å². The summed E-state index contributed by atoms with van der Waals surface area (Å²) in [5.74, 6) is -0.109. The molecule has 1 saturated heterocycles. The van der Waals surface area contributed by atoms with Crippen molar-refractivity contribution in [3.8, 4) is 0 Å². The van der Waals surface area contributed by atoms with E-state index in [2.05, 4.69) is 11.4 Å². The van der Waals surface area contributed by atoms with E-state index in [4.69, 9.17) is 4.74 Å². The first-order valence-electron chi connectivity index (χ1n) is 9.26. The van der Waals surface area contributed by atoms with E-state index in [1.807, 2.05) is 32.9 Å². The summed E-state index contributed by atoms with van der Waals surface area (Å²) in [5.41, 5.74) is 2.93. The number of likely N-dealkylation sites (tertiary alicyclic amines) is 1. The largest absolute Gasteiger partial charge is 0.444 e. The Balaban J connectivity index is 1.71. The van der Waals surface area contributed by atoms with E-state index in [1.165, 1.54) is 17.5 Å². The van der Waals surface area contributed by atoms with Gasteiger partial charge in [0.15, 0.2) is 0 Å². The van der Waals surface area contributed by atoms with Crippen LogP contribution >= 0.6 is 0 Å². The standard InChI is InChI=1S/C20H28N2O3/c1-20(2,3)25-19(24)22-13-7-12-17(22)18(23)21-16-11-6-9-14-8-4-5-10-15(14)16/h6,9,11,17H,4-5,7-8,10,12-13H2,1-3H3,(H,21,23). The topological polar surface area (TPSA) is 58.6 Å². The van der Waals surface area contributed by atoms with Crippen LogP contribution in [-0.4, -0.2) is 35.1 Å². The molecule has 2 aliphatic rings. The van der Waals surface area contributed by atoms with Gasteiger partial charge in [-0.2, -0.15) is 0 Å². The van der Waals surface area contributed by atoms with Crippen LogP contribution in [0.25, 0.3) is 0 Å². The molecule has 25 heavy (non-hydrogen) atoms. The van der Waals surface area contributed by atoms with Crippen LogP contribution in [0.1, 0.15) is 57.6 Å². The highest BCUT2D eigenvalue weighted by atomic mass is 16.6. The number of hydrogen-bond acceptors (Lipinski definition) is 3. The molecule has 1 aromatic carbocycles. The lowest BCUT2D eigenvalue weighted by Crippen LogP contribution is -2.45. The number of benzene rings is 1. The first-order valence-corrected chi connectivity index (χ1v) is 9.26. The molecule has 0 spiro atoms. The van der Waals surface area contributed by atoms with Gasteiger partial charge in [-0.25, -0.2) is 4.79 Å². The van der Waals surface area contributed by atoms with Crippen molar-refractivity contribution >= 4 is 17.7 Å². The zero-order chi connectivity index (χ0) is 18.0. The lowest BCUT2D eigenvalue weighted by molar-refractivity contribution is -0.120. The summed E-state index contributed by atoms with van der Waals surface area (Å²) >= 11 is 0. The van der Waals surface area contributed by atoms with Gasteiger partial charge in [-0.05, 0) is 76.5 Å². The molecule has 1 aliphatic carbocycles. The zero-order valence-electron chi connectivity index (χ0n) is 15.4. The second-order valence-corrected chi connectivity index (χ2v) is 7.97. The summed E-state index contributed by atoms with van der Waals surface area (Å²) in [6, 6.07) is 5.66. The average molecular weight is 344 g/mol. The summed E-state index contributed by atoms with van der Waals surface area (Å²) in [4.78, 5) is 26.8. The van der Waals surface area contributed by atoms with Crippen molar-refractivity contribution in [2.45, 2.75) is 70.9 Å². The van der Waals surface area contributed by atoms with Crippen LogP contribution in [0.5, 0.6) is 0 Å². The number of amides is 2. The molecule has 1 fully saturated rings. The Hall–Kier alpha value is -2.04. The fourth-order valence-electron chi connectivity index (χ4n) is 3.69. The first kappa shape index (κ1) is 17.8. The van der Waals surface area contributed by atoms with Gasteiger partial charge in [0.05, 0.1) is 0 Å². The highest BCUT2D eigenvalue weighted by Crippen LogP contribution is 2.29. The van der Waals surface area contributed by atoms with Gasteiger partial charge >= 0.3 is 6.09 Å². The van der Waals surface area contributed by atoms with Crippen LogP contribution in [0.2, 0.25) is 0 Å². The molecule has 0 bridgehead atoms. The van der Waals surface area contributed by atoms with Gasteiger partial charge in [-0.15, -0.1) is 0 Å². The van der Waals surface area contributed by atoms with Crippen molar-refractivity contribution in [1.82, 2.24) is 4.90 Å². The summed E-state index contributed by atoms with van der Waals surface area (Å²) in [5, 5.41) is 3.07. The number of nitrogens with one attached hydrogen (secondary N) is 1. The highest BCUT2D eigenvalue weighted by molar-refractivity contribution is 5.97. The molecule has 0 radical (unpaired) electrons. The maximum atomic E-state index is 12.8. The van der Waals surface area contributed by atoms with Crippen LogP contribution in [0.15, 0.2) is 18.2 Å². The number of anilines is 1. The fraction of sp³-hybridized carbons (Fsp3) is 0.600. The van der Waals surface area contributed by atoms with Crippen molar-refractivity contribution in [2.24, 2.45) is 0 Å². The third-order valence-electron chi connectivity index (χ3n) is 4.84. The minimum atomic E-state index is -0.556. The number of nitrogens with zero attached hydrogens (tertiary/aromatic N) is 1. The zero-order valence-corrected chi connectivity index (χ0v) is 15.4. The molecule has 1 atom stereocenters. The first-order chi connectivity index (χ1) is 11.8. The van der Waals surface area contributed by atoms with E-state index in [1.54, 1.807) is 4.90 Å². The number of carbonyl (C=O) groups excluding carboxylic acids is 2. The number of rotatable bonds is 2. The molecule has 0 saturated carbocycles. The average Bonchev–Trinajstić information content (AvgIpc) is 3.03. The SMILES string of the molecule is CC(C)(C)OC(=O)N1CCCC1C(=O)Nc1cccc2c1CCCC2. The lowest BCUT2D eigenvalue weighted by Gasteiger charge is -2.28. The van der Waals surface area contributed by atoms with E-state index >= 15 is 0 Å². The predicted octanol–water partition coefficient (Wildman–Crippen LogP) is 3.90. The molecule has 1 unspecified atom stereocenters. The second-order valence-electron chi connectivity index (χ2n) is 7.97. The Bertz CT molecular complexity index is 663. The van der Waals surface area contributed by atoms with Crippen LogP contribution < -0.4 is 5.32 Å². The molecular formula is C20H28N2O3. The van der Waals surface area contributed by atoms with Gasteiger partial charge in [0.25, 0.3) is 0 Å². The number of aryl methyl sites for hydroxylation is 1. The highest BCUT2D eigenvalue weighted by Gasteiger charge is 2.36. The molecule has 2 amide bonds. The Morgan fingerprint density at radius 2 is 1.92 bits per heavy atom. The minimum absolute atomic E-state index is 0.109. The second kappa shape index (κ2) is 7.06. The van der Waals surface area contributed by atoms with E-state index in [0.717, 1.165) is 31.4 Å². The molecule has 1 heterocycles. The molecule has 5 heteroatoms. The molecule has 1 aliphatic heterocycles. The van der Waals surface area contributed by atoms with Gasteiger partial charge < -0.3 is 10.1 Å². The Labute approximate surface area is 149 Å². The molecule has 3 rings (SSSR count). The maximum Gasteiger partial charge on any atom is 0.410 e. The van der Waals surface area contributed by atoms with Crippen LogP contribution in [0, 0.1) is 0 Å². The lowest BCUT2D eigenvalue weighted by atomic mass is 9.90. The molecule has 5 nitrogen and oxygen atoms in total. The van der Waals surface area contributed by atoms with Gasteiger partial charge in [-0.1, -0.05) is 12.1 Å². The van der Waals surface area contributed by atoms with Crippen molar-refractivity contribution in [1.29, 1.82) is 0 Å². The summed E-state index contributed by atoms with van der Waals surface area (Å²) in [6.07, 6.45) is 5.55. The number of carbonyl (C=O) groups is 2. The molecule has 1 aromatic rings. The monoisotopic (exact) mass is 344 g/mol. The smallest absolute Gasteiger partial charge is 0.410 e. The van der Waals surface area contributed by atoms with E-state index in [9.17, 15) is 9.59 Å². The Kier molecular flexibility index (Phi) is 5.02. The Morgan fingerprint density at radius 1 is 1.16 bits per heavy atom. The third-order valence-corrected chi connectivity index (χ3v) is 4.84. The normalized spacial score (nSPS) is 20.1. The number of ether oxygens (including phenoxy) is 1. The molecule has 1 N–H and O–H groups in total. The van der Waals surface area contributed by atoms with E-state index < -0.39 is 17.7 Å². The quantitative estimate of drug-likeness (QED) is 0.885. The predicted molar refractivity (Wildman–Crippen MR) is 97.7 cm³/mol. The number of fused-ring (bicyclic) bond motifs is 1. The van der Waals surface area contributed by atoms with Crippen molar-refractivity contribution in [2.75, 3.05) is 11.9 Å². The van der Waals surface area contributed by atoms with Crippen LogP contribution in [0.4, 0.5) is 10.5 Å². The van der Waals surface area contributed by atoms with E-state index in [-0.39, 0.29) is 5.91 Å². The molecule has 136 valence electrons. The third kappa shape index (κ3) is 4.14. The molecule has 0 aromatic heterocycles. The summed E-state index contributed by atoms with van der Waals surface area (Å²) in [7, 11) is 0. The van der Waals surface area contributed by atoms with E-state index in [0.29, 0.717) is 13.0 Å². The summed E-state index contributed by atoms with van der Waals surface area (Å²) in [6.45, 7) is 6.09. The van der Waals surface area contributed by atoms with Crippen LogP contribution in [-0.2, 0) is 22.4 Å². The maximum absolute atomic E-state index is 12.8. The van der Waals surface area contributed by atoms with Gasteiger partial charge in [0.2, 0.25) is 5.91 Å². The van der Waals surface area contributed by atoms with Crippen molar-refractivity contribution in [3.05, 3.63) is 29.3 Å². The van der Waals surface area contributed by atoms with Gasteiger partial charge in [-0.3, -0.25) is 9.69 Å². The van der Waals surface area contributed by atoms with Gasteiger partial charge in [0, 0.05) is 12.2 Å². The molecular weight excluding hydrogens is 316 g/mol. The Morgan fingerprint density at radius 3 is 2.68 bits per heavy atom. The summed E-state index contributed by atoms with van der Waals surface area (Å²) < 4.78 is 5.45.